The van der Waals surface area contributed by atoms with Crippen molar-refractivity contribution in [1.82, 2.24) is 19.4 Å². The number of nitrogens with zero attached hydrogens (tertiary/aromatic N) is 3. The van der Waals surface area contributed by atoms with E-state index in [-0.39, 0.29) is 35.8 Å². The number of hydrogen-bond acceptors (Lipinski definition) is 5. The number of hydrogen-bond donors (Lipinski definition) is 1. The molecule has 2 amide bonds. The van der Waals surface area contributed by atoms with Crippen LogP contribution in [0.2, 0.25) is 0 Å². The molecule has 1 aromatic carbocycles. The molecule has 0 atom stereocenters. The summed E-state index contributed by atoms with van der Waals surface area (Å²) in [5, 5.41) is 3.07. The van der Waals surface area contributed by atoms with E-state index in [1.165, 1.54) is 23.4 Å². The largest absolute Gasteiger partial charge is 0.349 e. The molecule has 166 valence electrons. The Morgan fingerprint density at radius 2 is 1.60 bits per heavy atom. The van der Waals surface area contributed by atoms with E-state index >= 15 is 0 Å². The maximum Gasteiger partial charge on any atom is 0.251 e. The molecular formula is C21H32N4O4S. The van der Waals surface area contributed by atoms with Gasteiger partial charge in [-0.25, -0.2) is 8.42 Å². The molecule has 2 aliphatic rings. The van der Waals surface area contributed by atoms with Crippen LogP contribution in [-0.4, -0.2) is 86.2 Å². The maximum atomic E-state index is 12.9. The number of benzene rings is 1. The summed E-state index contributed by atoms with van der Waals surface area (Å²) < 4.78 is 27.1. The highest BCUT2D eigenvalue weighted by atomic mass is 32.2. The van der Waals surface area contributed by atoms with Crippen LogP contribution in [0.25, 0.3) is 0 Å². The molecule has 2 fully saturated rings. The molecule has 1 aromatic rings. The number of likely N-dealkylation sites (tertiary alicyclic amines) is 1. The minimum absolute atomic E-state index is 0.0431. The van der Waals surface area contributed by atoms with Crippen molar-refractivity contribution in [2.75, 3.05) is 45.8 Å². The lowest BCUT2D eigenvalue weighted by atomic mass is 10.0. The van der Waals surface area contributed by atoms with Gasteiger partial charge >= 0.3 is 0 Å². The highest BCUT2D eigenvalue weighted by molar-refractivity contribution is 7.89. The fraction of sp³-hybridized carbons (Fsp3) is 0.619. The zero-order valence-corrected chi connectivity index (χ0v) is 18.7. The Hall–Kier alpha value is -1.97. The fourth-order valence-electron chi connectivity index (χ4n) is 4.06. The van der Waals surface area contributed by atoms with Crippen LogP contribution in [0.3, 0.4) is 0 Å². The maximum absolute atomic E-state index is 12.9. The summed E-state index contributed by atoms with van der Waals surface area (Å²) in [6.07, 6.45) is 3.01. The molecule has 1 N–H and O–H groups in total. The summed E-state index contributed by atoms with van der Waals surface area (Å²) in [6.45, 7) is 8.09. The Morgan fingerprint density at radius 1 is 1.00 bits per heavy atom. The lowest BCUT2D eigenvalue weighted by molar-refractivity contribution is -0.129. The average Bonchev–Trinajstić information content (AvgIpc) is 2.75. The monoisotopic (exact) mass is 436 g/mol. The molecule has 0 aliphatic carbocycles. The van der Waals surface area contributed by atoms with Crippen molar-refractivity contribution in [2.45, 2.75) is 44.0 Å². The summed E-state index contributed by atoms with van der Waals surface area (Å²) in [6, 6.07) is 6.28. The third-order valence-corrected chi connectivity index (χ3v) is 7.81. The third kappa shape index (κ3) is 5.39. The highest BCUT2D eigenvalue weighted by Crippen LogP contribution is 2.19. The molecule has 0 radical (unpaired) electrons. The van der Waals surface area contributed by atoms with Crippen LogP contribution in [0, 0.1) is 0 Å². The summed E-state index contributed by atoms with van der Waals surface area (Å²) in [7, 11) is -3.63. The van der Waals surface area contributed by atoms with Gasteiger partial charge in [-0.2, -0.15) is 4.31 Å². The zero-order valence-electron chi connectivity index (χ0n) is 17.8. The van der Waals surface area contributed by atoms with Crippen LogP contribution in [0.4, 0.5) is 0 Å². The molecule has 0 spiro atoms. The molecule has 8 nitrogen and oxygen atoms in total. The molecular weight excluding hydrogens is 404 g/mol. The van der Waals surface area contributed by atoms with E-state index in [9.17, 15) is 18.0 Å². The Bertz CT molecular complexity index is 840. The number of sulfonamides is 1. The van der Waals surface area contributed by atoms with E-state index in [0.717, 1.165) is 38.9 Å². The second-order valence-corrected chi connectivity index (χ2v) is 9.96. The minimum Gasteiger partial charge on any atom is -0.349 e. The first-order valence-electron chi connectivity index (χ1n) is 10.7. The molecule has 3 rings (SSSR count). The van der Waals surface area contributed by atoms with Gasteiger partial charge in [0, 0.05) is 57.8 Å². The molecule has 0 bridgehead atoms. The van der Waals surface area contributed by atoms with Gasteiger partial charge in [0.1, 0.15) is 0 Å². The molecule has 2 saturated heterocycles. The summed E-state index contributed by atoms with van der Waals surface area (Å²) >= 11 is 0. The van der Waals surface area contributed by atoms with E-state index in [1.54, 1.807) is 17.0 Å². The van der Waals surface area contributed by atoms with Gasteiger partial charge in [-0.05, 0) is 50.1 Å². The second kappa shape index (κ2) is 9.89. The Kier molecular flexibility index (Phi) is 7.49. The van der Waals surface area contributed by atoms with E-state index in [1.807, 2.05) is 0 Å². The third-order valence-electron chi connectivity index (χ3n) is 5.90. The van der Waals surface area contributed by atoms with Crippen LogP contribution >= 0.6 is 0 Å². The summed E-state index contributed by atoms with van der Waals surface area (Å²) in [4.78, 5) is 28.2. The van der Waals surface area contributed by atoms with Crippen LogP contribution < -0.4 is 5.32 Å². The van der Waals surface area contributed by atoms with Gasteiger partial charge in [0.25, 0.3) is 5.91 Å². The van der Waals surface area contributed by atoms with Crippen molar-refractivity contribution < 1.29 is 18.0 Å². The van der Waals surface area contributed by atoms with Crippen LogP contribution in [-0.2, 0) is 14.8 Å². The molecule has 30 heavy (non-hydrogen) atoms. The van der Waals surface area contributed by atoms with E-state index in [2.05, 4.69) is 17.1 Å². The number of piperazine rings is 1. The number of amides is 2. The van der Waals surface area contributed by atoms with Gasteiger partial charge in [-0.3, -0.25) is 9.59 Å². The van der Waals surface area contributed by atoms with Crippen molar-refractivity contribution in [3.63, 3.8) is 0 Å². The van der Waals surface area contributed by atoms with Crippen molar-refractivity contribution in [3.05, 3.63) is 29.8 Å². The Balaban J connectivity index is 1.56. The first-order valence-corrected chi connectivity index (χ1v) is 12.1. The Morgan fingerprint density at radius 3 is 2.13 bits per heavy atom. The van der Waals surface area contributed by atoms with Crippen molar-refractivity contribution >= 4 is 21.8 Å². The number of piperidine rings is 1. The average molecular weight is 437 g/mol. The van der Waals surface area contributed by atoms with Crippen molar-refractivity contribution in [3.8, 4) is 0 Å². The lowest BCUT2D eigenvalue weighted by Crippen LogP contribution is -2.49. The quantitative estimate of drug-likeness (QED) is 0.722. The van der Waals surface area contributed by atoms with Crippen LogP contribution in [0.5, 0.6) is 0 Å². The highest BCUT2D eigenvalue weighted by Gasteiger charge is 2.29. The predicted octanol–water partition coefficient (Wildman–Crippen LogP) is 1.14. The molecule has 9 heteroatoms. The van der Waals surface area contributed by atoms with Gasteiger partial charge < -0.3 is 15.1 Å². The van der Waals surface area contributed by atoms with Crippen molar-refractivity contribution in [1.29, 1.82) is 0 Å². The zero-order chi connectivity index (χ0) is 21.7. The summed E-state index contributed by atoms with van der Waals surface area (Å²) in [5.41, 5.74) is 0.464. The van der Waals surface area contributed by atoms with Crippen molar-refractivity contribution in [2.24, 2.45) is 0 Å². The second-order valence-electron chi connectivity index (χ2n) is 8.02. The fourth-order valence-corrected chi connectivity index (χ4v) is 5.48. The van der Waals surface area contributed by atoms with Gasteiger partial charge in [0.05, 0.1) is 4.90 Å². The summed E-state index contributed by atoms with van der Waals surface area (Å²) in [5.74, 6) is -0.207. The normalized spacial score (nSPS) is 19.6. The number of carbonyl (C=O) groups is 2. The predicted molar refractivity (Wildman–Crippen MR) is 115 cm³/mol. The van der Waals surface area contributed by atoms with Gasteiger partial charge in [-0.1, -0.05) is 6.92 Å². The van der Waals surface area contributed by atoms with E-state index in [0.29, 0.717) is 18.7 Å². The van der Waals surface area contributed by atoms with Gasteiger partial charge in [-0.15, -0.1) is 0 Å². The molecule has 0 saturated carbocycles. The number of rotatable bonds is 6. The van der Waals surface area contributed by atoms with Crippen LogP contribution in [0.15, 0.2) is 29.2 Å². The minimum atomic E-state index is -3.63. The molecule has 2 aliphatic heterocycles. The van der Waals surface area contributed by atoms with E-state index < -0.39 is 10.0 Å². The molecule has 0 unspecified atom stereocenters. The van der Waals surface area contributed by atoms with Crippen LogP contribution in [0.1, 0.15) is 43.5 Å². The Labute approximate surface area is 179 Å². The van der Waals surface area contributed by atoms with E-state index in [4.69, 9.17) is 0 Å². The topological polar surface area (TPSA) is 90.0 Å². The molecule has 2 heterocycles. The first-order chi connectivity index (χ1) is 14.3. The molecule has 0 aromatic heterocycles. The SMILES string of the molecule is CCCN1CCC(NC(=O)c2ccc(S(=O)(=O)N3CCN(C(C)=O)CC3)cc2)CC1. The number of nitrogens with one attached hydrogen (secondary N) is 1. The lowest BCUT2D eigenvalue weighted by Gasteiger charge is -2.33. The number of carbonyl (C=O) groups excluding carboxylic acids is 2. The standard InChI is InChI=1S/C21H32N4O4S/c1-3-10-23-11-8-19(9-12-23)22-21(27)18-4-6-20(7-5-18)30(28,29)25-15-13-24(14-16-25)17(2)26/h4-7,19H,3,8-16H2,1-2H3,(H,22,27). The van der Waals surface area contributed by atoms with Gasteiger partial charge in [0.15, 0.2) is 0 Å². The smallest absolute Gasteiger partial charge is 0.251 e. The first kappa shape index (κ1) is 22.7. The van der Waals surface area contributed by atoms with Gasteiger partial charge in [0.2, 0.25) is 15.9 Å².